The fourth-order valence-electron chi connectivity index (χ4n) is 8.36. The number of nitrogens with one attached hydrogen (secondary N) is 1. The molecule has 5 atom stereocenters. The Labute approximate surface area is 252 Å². The number of piperazine rings is 1. The molecule has 2 aromatic carbocycles. The summed E-state index contributed by atoms with van der Waals surface area (Å²) in [7, 11) is 0. The highest BCUT2D eigenvalue weighted by molar-refractivity contribution is 6.01. The van der Waals surface area contributed by atoms with Crippen LogP contribution in [0.1, 0.15) is 37.7 Å². The second-order valence-corrected chi connectivity index (χ2v) is 12.9. The van der Waals surface area contributed by atoms with Gasteiger partial charge in [0.15, 0.2) is 5.82 Å². The molecule has 0 radical (unpaired) electrons. The van der Waals surface area contributed by atoms with E-state index in [4.69, 9.17) is 19.4 Å². The van der Waals surface area contributed by atoms with Gasteiger partial charge in [-0.15, -0.1) is 0 Å². The van der Waals surface area contributed by atoms with E-state index in [0.717, 1.165) is 37.6 Å². The fourth-order valence-corrected chi connectivity index (χ4v) is 8.36. The quantitative estimate of drug-likeness (QED) is 0.365. The molecule has 11 heteroatoms. The molecule has 0 amide bonds. The molecule has 5 aliphatic heterocycles. The second-order valence-electron chi connectivity index (χ2n) is 12.9. The van der Waals surface area contributed by atoms with Crippen molar-refractivity contribution in [2.75, 3.05) is 37.7 Å². The number of pyridine rings is 1. The van der Waals surface area contributed by atoms with E-state index in [1.807, 2.05) is 18.2 Å². The molecule has 5 aliphatic rings. The van der Waals surface area contributed by atoms with Crippen molar-refractivity contribution in [3.8, 4) is 29.2 Å². The van der Waals surface area contributed by atoms with Crippen LogP contribution in [0, 0.1) is 17.1 Å². The molecule has 7 heterocycles. The number of fused-ring (bicyclic) bond motifs is 7. The molecule has 0 saturated carbocycles. The Morgan fingerprint density at radius 3 is 3.00 bits per heavy atom. The number of halogens is 2. The maximum absolute atomic E-state index is 16.9. The summed E-state index contributed by atoms with van der Waals surface area (Å²) in [4.78, 5) is 18.8. The molecule has 1 N–H and O–H groups in total. The molecule has 224 valence electrons. The molecule has 2 bridgehead atoms. The number of aromatic nitrogens is 3. The third-order valence-electron chi connectivity index (χ3n) is 10.4. The van der Waals surface area contributed by atoms with Crippen LogP contribution in [0.15, 0.2) is 36.4 Å². The van der Waals surface area contributed by atoms with Crippen LogP contribution >= 0.6 is 0 Å². The van der Waals surface area contributed by atoms with Crippen molar-refractivity contribution in [2.24, 2.45) is 0 Å². The van der Waals surface area contributed by atoms with Crippen molar-refractivity contribution in [1.29, 1.82) is 5.26 Å². The van der Waals surface area contributed by atoms with E-state index in [0.29, 0.717) is 59.9 Å². The molecule has 9 nitrogen and oxygen atoms in total. The summed E-state index contributed by atoms with van der Waals surface area (Å²) in [5.41, 5.74) is 0.813. The highest BCUT2D eigenvalue weighted by Gasteiger charge is 2.50. The van der Waals surface area contributed by atoms with Gasteiger partial charge in [0.2, 0.25) is 5.88 Å². The first-order valence-electron chi connectivity index (χ1n) is 15.5. The maximum atomic E-state index is 16.9. The Kier molecular flexibility index (Phi) is 5.78. The molecule has 2 aromatic heterocycles. The highest BCUT2D eigenvalue weighted by Crippen LogP contribution is 2.44. The van der Waals surface area contributed by atoms with Crippen LogP contribution in [-0.2, 0) is 0 Å². The van der Waals surface area contributed by atoms with Gasteiger partial charge in [0.1, 0.15) is 41.8 Å². The monoisotopic (exact) mass is 595 g/mol. The van der Waals surface area contributed by atoms with Crippen molar-refractivity contribution in [3.05, 3.63) is 47.8 Å². The van der Waals surface area contributed by atoms with E-state index in [-0.39, 0.29) is 47.3 Å². The summed E-state index contributed by atoms with van der Waals surface area (Å²) in [5, 5.41) is 15.3. The lowest BCUT2D eigenvalue weighted by Gasteiger charge is -2.40. The van der Waals surface area contributed by atoms with Crippen LogP contribution in [0.4, 0.5) is 14.6 Å². The molecular formula is C33H31F2N7O2. The normalized spacial score (nSPS) is 28.9. The number of hydrogen-bond donors (Lipinski definition) is 1. The van der Waals surface area contributed by atoms with Crippen LogP contribution in [0.3, 0.4) is 0 Å². The average Bonchev–Trinajstić information content (AvgIpc) is 3.67. The Balaban J connectivity index is 1.22. The van der Waals surface area contributed by atoms with Crippen molar-refractivity contribution >= 4 is 27.5 Å². The Morgan fingerprint density at radius 1 is 1.16 bits per heavy atom. The van der Waals surface area contributed by atoms with E-state index in [2.05, 4.69) is 26.2 Å². The Morgan fingerprint density at radius 2 is 2.09 bits per heavy atom. The third-order valence-corrected chi connectivity index (χ3v) is 10.4. The van der Waals surface area contributed by atoms with Crippen LogP contribution in [-0.4, -0.2) is 82.5 Å². The van der Waals surface area contributed by atoms with Gasteiger partial charge in [-0.2, -0.15) is 15.2 Å². The summed E-state index contributed by atoms with van der Waals surface area (Å²) in [5.74, 6) is 0.255. The van der Waals surface area contributed by atoms with Crippen LogP contribution < -0.4 is 19.7 Å². The lowest BCUT2D eigenvalue weighted by atomic mass is 9.95. The molecule has 0 spiro atoms. The molecular weight excluding hydrogens is 564 g/mol. The molecule has 3 unspecified atom stereocenters. The van der Waals surface area contributed by atoms with Gasteiger partial charge in [-0.25, -0.2) is 13.8 Å². The minimum Gasteiger partial charge on any atom is -0.475 e. The summed E-state index contributed by atoms with van der Waals surface area (Å²) in [6.45, 7) is 2.59. The Bertz CT molecular complexity index is 1880. The average molecular weight is 596 g/mol. The first-order valence-corrected chi connectivity index (χ1v) is 15.5. The minimum atomic E-state index is -0.883. The number of nitriles is 1. The zero-order valence-electron chi connectivity index (χ0n) is 24.1. The predicted octanol–water partition coefficient (Wildman–Crippen LogP) is 4.51. The third kappa shape index (κ3) is 3.90. The van der Waals surface area contributed by atoms with Crippen LogP contribution in [0.5, 0.6) is 11.9 Å². The largest absolute Gasteiger partial charge is 0.475 e. The Hall–Kier alpha value is -4.14. The number of hydrogen-bond acceptors (Lipinski definition) is 9. The lowest BCUT2D eigenvalue weighted by molar-refractivity contribution is 0.107. The van der Waals surface area contributed by atoms with Gasteiger partial charge in [0.05, 0.1) is 23.2 Å². The number of anilines is 1. The highest BCUT2D eigenvalue weighted by atomic mass is 19.1. The first kappa shape index (κ1) is 26.3. The van der Waals surface area contributed by atoms with Gasteiger partial charge in [-0.05, 0) is 55.1 Å². The fraction of sp³-hybridized carbons (Fsp3) is 0.455. The number of benzene rings is 2. The van der Waals surface area contributed by atoms with Crippen molar-refractivity contribution in [1.82, 2.24) is 25.2 Å². The topological polar surface area (TPSA) is 99.4 Å². The number of ether oxygens (including phenoxy) is 2. The minimum absolute atomic E-state index is 0.0119. The van der Waals surface area contributed by atoms with Crippen molar-refractivity contribution in [3.63, 3.8) is 0 Å². The number of rotatable bonds is 4. The van der Waals surface area contributed by atoms with E-state index in [1.165, 1.54) is 0 Å². The maximum Gasteiger partial charge on any atom is 0.319 e. The van der Waals surface area contributed by atoms with Gasteiger partial charge in [-0.3, -0.25) is 4.90 Å². The van der Waals surface area contributed by atoms with Crippen molar-refractivity contribution in [2.45, 2.75) is 61.9 Å². The zero-order chi connectivity index (χ0) is 29.6. The summed E-state index contributed by atoms with van der Waals surface area (Å²) >= 11 is 0. The van der Waals surface area contributed by atoms with Gasteiger partial charge in [0, 0.05) is 37.2 Å². The van der Waals surface area contributed by atoms with E-state index in [1.54, 1.807) is 18.2 Å². The molecule has 9 rings (SSSR count). The van der Waals surface area contributed by atoms with E-state index >= 15 is 4.39 Å². The summed E-state index contributed by atoms with van der Waals surface area (Å²) < 4.78 is 44.1. The van der Waals surface area contributed by atoms with Gasteiger partial charge in [0.25, 0.3) is 0 Å². The number of nitrogens with zero attached hydrogens (tertiary/aromatic N) is 6. The van der Waals surface area contributed by atoms with E-state index in [9.17, 15) is 9.65 Å². The summed E-state index contributed by atoms with van der Waals surface area (Å²) in [6.07, 6.45) is 3.46. The summed E-state index contributed by atoms with van der Waals surface area (Å²) in [6, 6.07) is 13.7. The first-order chi connectivity index (χ1) is 21.5. The molecule has 44 heavy (non-hydrogen) atoms. The van der Waals surface area contributed by atoms with Gasteiger partial charge >= 0.3 is 6.01 Å². The second kappa shape index (κ2) is 9.68. The molecule has 4 aromatic rings. The van der Waals surface area contributed by atoms with Gasteiger partial charge in [-0.1, -0.05) is 24.3 Å². The SMILES string of the molecule is N#Cc1ccc2cccc(-c3nc4c5c(nc(OC[C@@]67CCCN6C[C@H](F)C7)nc5c3F)N3CC5CCC(N5)C3CO4)c2c1. The molecule has 4 fully saturated rings. The standard InChI is InChI=1S/C33H31F2N7O2/c34-20-12-33(9-2-10-41(33)14-20)17-44-32-39-29-26-30(40-32)42-15-21-7-8-24(37-21)25(42)16-43-31(26)38-28(27(29)35)22-4-1-3-19-6-5-18(13-36)11-23(19)22/h1,3-6,11,20-21,24-25,37H,2,7-10,12,14-17H2/t20-,21?,24?,25?,33+/m1/s1. The predicted molar refractivity (Wildman–Crippen MR) is 160 cm³/mol. The smallest absolute Gasteiger partial charge is 0.319 e. The molecule has 0 aliphatic carbocycles. The molecule has 4 saturated heterocycles. The van der Waals surface area contributed by atoms with Crippen molar-refractivity contribution < 1.29 is 18.3 Å². The number of alkyl halides is 1. The van der Waals surface area contributed by atoms with Gasteiger partial charge < -0.3 is 19.7 Å². The zero-order valence-corrected chi connectivity index (χ0v) is 24.1. The lowest BCUT2D eigenvalue weighted by Crippen LogP contribution is -2.60. The van der Waals surface area contributed by atoms with Crippen LogP contribution in [0.2, 0.25) is 0 Å². The van der Waals surface area contributed by atoms with Crippen LogP contribution in [0.25, 0.3) is 32.9 Å². The van der Waals surface area contributed by atoms with E-state index < -0.39 is 12.0 Å².